The van der Waals surface area contributed by atoms with Crippen LogP contribution in [0.5, 0.6) is 5.75 Å². The van der Waals surface area contributed by atoms with E-state index in [1.807, 2.05) is 12.1 Å². The van der Waals surface area contributed by atoms with Crippen molar-refractivity contribution in [2.45, 2.75) is 59.6 Å². The van der Waals surface area contributed by atoms with Crippen LogP contribution in [-0.2, 0) is 10.5 Å². The van der Waals surface area contributed by atoms with Gasteiger partial charge in [-0.1, -0.05) is 47.0 Å². The molecule has 1 aromatic heterocycles. The second kappa shape index (κ2) is 9.80. The molecule has 0 unspecified atom stereocenters. The lowest BCUT2D eigenvalue weighted by Crippen LogP contribution is -2.48. The molecule has 146 valence electrons. The number of hydrogen-bond donors (Lipinski definition) is 0. The molecule has 0 bridgehead atoms. The van der Waals surface area contributed by atoms with Gasteiger partial charge in [-0.05, 0) is 50.8 Å². The van der Waals surface area contributed by atoms with Crippen LogP contribution in [0.15, 0.2) is 32.9 Å². The van der Waals surface area contributed by atoms with Crippen LogP contribution in [0.3, 0.4) is 0 Å². The third-order valence-electron chi connectivity index (χ3n) is 4.71. The Morgan fingerprint density at radius 2 is 1.78 bits per heavy atom. The van der Waals surface area contributed by atoms with Crippen molar-refractivity contribution in [3.05, 3.63) is 29.8 Å². The van der Waals surface area contributed by atoms with Crippen molar-refractivity contribution >= 4 is 40.8 Å². The van der Waals surface area contributed by atoms with Gasteiger partial charge in [-0.2, -0.15) is 0 Å². The normalized spacial score (nSPS) is 19.9. The number of ether oxygens (including phenoxy) is 1. The van der Waals surface area contributed by atoms with Crippen LogP contribution in [0.4, 0.5) is 0 Å². The van der Waals surface area contributed by atoms with E-state index in [1.165, 1.54) is 23.7 Å². The number of rotatable bonds is 7. The largest absolute Gasteiger partial charge is 0.497 e. The van der Waals surface area contributed by atoms with E-state index in [1.54, 1.807) is 30.2 Å². The van der Waals surface area contributed by atoms with Gasteiger partial charge in [-0.15, -0.1) is 10.2 Å². The lowest BCUT2D eigenvalue weighted by molar-refractivity contribution is -0.134. The molecule has 0 aliphatic carbocycles. The van der Waals surface area contributed by atoms with Crippen molar-refractivity contribution in [1.29, 1.82) is 0 Å². The van der Waals surface area contributed by atoms with E-state index in [0.29, 0.717) is 17.8 Å². The molecule has 1 amide bonds. The fourth-order valence-electron chi connectivity index (χ4n) is 3.29. The van der Waals surface area contributed by atoms with Gasteiger partial charge < -0.3 is 9.64 Å². The molecule has 0 spiro atoms. The smallest absolute Gasteiger partial charge is 0.233 e. The van der Waals surface area contributed by atoms with E-state index in [0.717, 1.165) is 33.0 Å². The number of likely N-dealkylation sites (tertiary alicyclic amines) is 1. The maximum atomic E-state index is 12.6. The summed E-state index contributed by atoms with van der Waals surface area (Å²) in [5, 5.41) is 8.48. The molecule has 0 radical (unpaired) electrons. The van der Waals surface area contributed by atoms with Crippen molar-refractivity contribution in [2.24, 2.45) is 0 Å². The van der Waals surface area contributed by atoms with Gasteiger partial charge in [0.2, 0.25) is 5.91 Å². The zero-order valence-electron chi connectivity index (χ0n) is 15.9. The highest BCUT2D eigenvalue weighted by Gasteiger charge is 2.28. The van der Waals surface area contributed by atoms with Gasteiger partial charge in [-0.3, -0.25) is 4.79 Å². The summed E-state index contributed by atoms with van der Waals surface area (Å²) in [5.74, 6) is 2.35. The molecular formula is C19H25N3O2S3. The second-order valence-corrected chi connectivity index (χ2v) is 10.1. The maximum Gasteiger partial charge on any atom is 0.233 e. The van der Waals surface area contributed by atoms with E-state index < -0.39 is 0 Å². The van der Waals surface area contributed by atoms with Crippen LogP contribution < -0.4 is 4.74 Å². The van der Waals surface area contributed by atoms with Crippen LogP contribution in [0.25, 0.3) is 0 Å². The van der Waals surface area contributed by atoms with Gasteiger partial charge in [0.05, 0.1) is 12.9 Å². The van der Waals surface area contributed by atoms with Crippen molar-refractivity contribution in [2.75, 3.05) is 12.9 Å². The van der Waals surface area contributed by atoms with Crippen LogP contribution in [0.2, 0.25) is 0 Å². The Morgan fingerprint density at radius 3 is 2.41 bits per heavy atom. The van der Waals surface area contributed by atoms with Crippen molar-refractivity contribution in [3.8, 4) is 5.75 Å². The average molecular weight is 424 g/mol. The van der Waals surface area contributed by atoms with Crippen molar-refractivity contribution < 1.29 is 9.53 Å². The SMILES string of the molecule is COc1ccc(CSc2nnc(SCC(=O)N3[C@H](C)CCC[C@H]3C)s2)cc1. The van der Waals surface area contributed by atoms with E-state index in [-0.39, 0.29) is 5.91 Å². The van der Waals surface area contributed by atoms with Gasteiger partial charge in [0.1, 0.15) is 5.75 Å². The average Bonchev–Trinajstić information content (AvgIpc) is 3.13. The molecule has 1 aromatic carbocycles. The summed E-state index contributed by atoms with van der Waals surface area (Å²) in [7, 11) is 1.67. The molecule has 27 heavy (non-hydrogen) atoms. The molecule has 8 heteroatoms. The molecular weight excluding hydrogens is 398 g/mol. The van der Waals surface area contributed by atoms with Gasteiger partial charge in [0.25, 0.3) is 0 Å². The highest BCUT2D eigenvalue weighted by molar-refractivity contribution is 8.03. The second-order valence-electron chi connectivity index (χ2n) is 6.69. The Hall–Kier alpha value is -1.25. The summed E-state index contributed by atoms with van der Waals surface area (Å²) in [6.45, 7) is 4.30. The van der Waals surface area contributed by atoms with Gasteiger partial charge in [-0.25, -0.2) is 0 Å². The summed E-state index contributed by atoms with van der Waals surface area (Å²) in [4.78, 5) is 14.7. The predicted molar refractivity (Wildman–Crippen MR) is 113 cm³/mol. The molecule has 1 saturated heterocycles. The quantitative estimate of drug-likeness (QED) is 0.601. The fourth-order valence-corrected chi connectivity index (χ4v) is 6.14. The predicted octanol–water partition coefficient (Wildman–Crippen LogP) is 4.72. The lowest BCUT2D eigenvalue weighted by atomic mass is 9.98. The van der Waals surface area contributed by atoms with Gasteiger partial charge in [0, 0.05) is 17.8 Å². The van der Waals surface area contributed by atoms with Gasteiger partial charge >= 0.3 is 0 Å². The first-order valence-corrected chi connectivity index (χ1v) is 11.9. The fraction of sp³-hybridized carbons (Fsp3) is 0.526. The molecule has 1 fully saturated rings. The minimum absolute atomic E-state index is 0.210. The summed E-state index contributed by atoms with van der Waals surface area (Å²) >= 11 is 4.72. The zero-order chi connectivity index (χ0) is 19.2. The first-order valence-electron chi connectivity index (χ1n) is 9.10. The number of methoxy groups -OCH3 is 1. The number of amides is 1. The molecule has 5 nitrogen and oxygen atoms in total. The van der Waals surface area contributed by atoms with Crippen LogP contribution >= 0.6 is 34.9 Å². The summed E-state index contributed by atoms with van der Waals surface area (Å²) in [6, 6.07) is 8.72. The molecule has 1 aliphatic heterocycles. The number of piperidine rings is 1. The molecule has 2 heterocycles. The van der Waals surface area contributed by atoms with E-state index in [4.69, 9.17) is 4.74 Å². The Morgan fingerprint density at radius 1 is 1.15 bits per heavy atom. The van der Waals surface area contributed by atoms with Crippen LogP contribution in [0, 0.1) is 0 Å². The topological polar surface area (TPSA) is 55.3 Å². The zero-order valence-corrected chi connectivity index (χ0v) is 18.3. The third-order valence-corrected chi connectivity index (χ3v) is 7.96. The Labute approximate surface area is 173 Å². The third kappa shape index (κ3) is 5.62. The molecule has 1 aliphatic rings. The number of aromatic nitrogens is 2. The number of nitrogens with zero attached hydrogens (tertiary/aromatic N) is 3. The molecule has 0 saturated carbocycles. The number of benzene rings is 1. The number of carbonyl (C=O) groups excluding carboxylic acids is 1. The summed E-state index contributed by atoms with van der Waals surface area (Å²) in [6.07, 6.45) is 3.42. The molecule has 2 atom stereocenters. The number of hydrogen-bond acceptors (Lipinski definition) is 7. The van der Waals surface area contributed by atoms with E-state index in [9.17, 15) is 4.79 Å². The summed E-state index contributed by atoms with van der Waals surface area (Å²) in [5.41, 5.74) is 1.22. The van der Waals surface area contributed by atoms with Crippen molar-refractivity contribution in [3.63, 3.8) is 0 Å². The first-order chi connectivity index (χ1) is 13.1. The van der Waals surface area contributed by atoms with Gasteiger partial charge in [0.15, 0.2) is 8.68 Å². The van der Waals surface area contributed by atoms with Crippen LogP contribution in [0.1, 0.15) is 38.7 Å². The van der Waals surface area contributed by atoms with E-state index in [2.05, 4.69) is 41.1 Å². The monoisotopic (exact) mass is 423 g/mol. The summed E-state index contributed by atoms with van der Waals surface area (Å²) < 4.78 is 6.97. The molecule has 2 aromatic rings. The Kier molecular flexibility index (Phi) is 7.43. The van der Waals surface area contributed by atoms with E-state index >= 15 is 0 Å². The number of carbonyl (C=O) groups is 1. The highest BCUT2D eigenvalue weighted by Crippen LogP contribution is 2.32. The highest BCUT2D eigenvalue weighted by atomic mass is 32.2. The lowest BCUT2D eigenvalue weighted by Gasteiger charge is -2.39. The Balaban J connectivity index is 1.48. The Bertz CT molecular complexity index is 741. The maximum absolute atomic E-state index is 12.6. The minimum atomic E-state index is 0.210. The standard InChI is InChI=1S/C19H25N3O2S3/c1-13-5-4-6-14(2)22(13)17(23)12-26-19-21-20-18(27-19)25-11-15-7-9-16(24-3)10-8-15/h7-10,13-14H,4-6,11-12H2,1-3H3/t13-,14-/m1/s1. The molecule has 0 N–H and O–H groups in total. The minimum Gasteiger partial charge on any atom is -0.497 e. The van der Waals surface area contributed by atoms with Crippen molar-refractivity contribution in [1.82, 2.24) is 15.1 Å². The van der Waals surface area contributed by atoms with Crippen LogP contribution in [-0.4, -0.2) is 46.0 Å². The number of thioether (sulfide) groups is 2. The first kappa shape index (κ1) is 20.5. The molecule has 3 rings (SSSR count).